The van der Waals surface area contributed by atoms with E-state index in [1.54, 1.807) is 19.8 Å². The standard InChI is InChI=1S/C12H13NO7/c1-4-10(16)18-11(7(2)3)19-12(17)20-13-8(14)5-6-9(13)15/h1,7,11H,5-6H2,2-3H3. The van der Waals surface area contributed by atoms with Gasteiger partial charge in [0.25, 0.3) is 18.1 Å². The molecule has 2 amide bonds. The molecule has 1 saturated heterocycles. The van der Waals surface area contributed by atoms with Crippen LogP contribution in [0.3, 0.4) is 0 Å². The second-order valence-electron chi connectivity index (χ2n) is 4.20. The highest BCUT2D eigenvalue weighted by molar-refractivity contribution is 6.01. The van der Waals surface area contributed by atoms with E-state index in [0.29, 0.717) is 5.06 Å². The molecule has 8 nitrogen and oxygen atoms in total. The smallest absolute Gasteiger partial charge is 0.415 e. The maximum atomic E-state index is 11.4. The van der Waals surface area contributed by atoms with Gasteiger partial charge in [-0.2, -0.15) is 0 Å². The van der Waals surface area contributed by atoms with Crippen LogP contribution in [-0.2, 0) is 28.7 Å². The first-order valence-electron chi connectivity index (χ1n) is 5.76. The Hall–Kier alpha value is -2.56. The Morgan fingerprint density at radius 2 is 1.75 bits per heavy atom. The predicted molar refractivity (Wildman–Crippen MR) is 62.2 cm³/mol. The van der Waals surface area contributed by atoms with Crippen LogP contribution in [0.2, 0.25) is 0 Å². The van der Waals surface area contributed by atoms with Crippen molar-refractivity contribution in [3.05, 3.63) is 0 Å². The summed E-state index contributed by atoms with van der Waals surface area (Å²) in [5.41, 5.74) is 0. The Morgan fingerprint density at radius 3 is 2.20 bits per heavy atom. The highest BCUT2D eigenvalue weighted by atomic mass is 16.9. The fraction of sp³-hybridized carbons (Fsp3) is 0.500. The van der Waals surface area contributed by atoms with E-state index in [-0.39, 0.29) is 12.8 Å². The number of ether oxygens (including phenoxy) is 2. The number of carbonyl (C=O) groups excluding carboxylic acids is 4. The van der Waals surface area contributed by atoms with Crippen LogP contribution in [0, 0.1) is 18.3 Å². The number of imide groups is 1. The Morgan fingerprint density at radius 1 is 1.20 bits per heavy atom. The second-order valence-corrected chi connectivity index (χ2v) is 4.20. The number of terminal acetylenes is 1. The van der Waals surface area contributed by atoms with Crippen LogP contribution in [0.25, 0.3) is 0 Å². The minimum Gasteiger partial charge on any atom is -0.415 e. The van der Waals surface area contributed by atoms with Gasteiger partial charge >= 0.3 is 12.1 Å². The largest absolute Gasteiger partial charge is 0.537 e. The van der Waals surface area contributed by atoms with Crippen LogP contribution in [0.4, 0.5) is 4.79 Å². The van der Waals surface area contributed by atoms with Crippen LogP contribution in [0.5, 0.6) is 0 Å². The van der Waals surface area contributed by atoms with Gasteiger partial charge in [-0.1, -0.05) is 18.9 Å². The topological polar surface area (TPSA) is 99.2 Å². The van der Waals surface area contributed by atoms with Gasteiger partial charge in [0.15, 0.2) is 0 Å². The lowest BCUT2D eigenvalue weighted by molar-refractivity contribution is -0.196. The van der Waals surface area contributed by atoms with Gasteiger partial charge < -0.3 is 9.47 Å². The molecular weight excluding hydrogens is 270 g/mol. The molecule has 0 N–H and O–H groups in total. The molecule has 0 aromatic rings. The number of hydrogen-bond acceptors (Lipinski definition) is 7. The zero-order valence-corrected chi connectivity index (χ0v) is 11.0. The van der Waals surface area contributed by atoms with Crippen molar-refractivity contribution in [1.29, 1.82) is 0 Å². The van der Waals surface area contributed by atoms with Crippen LogP contribution in [0.1, 0.15) is 26.7 Å². The summed E-state index contributed by atoms with van der Waals surface area (Å²) in [6.07, 6.45) is 2.14. The minimum absolute atomic E-state index is 0.0359. The van der Waals surface area contributed by atoms with Crippen molar-refractivity contribution >= 4 is 23.9 Å². The van der Waals surface area contributed by atoms with Gasteiger partial charge in [0.1, 0.15) is 0 Å². The molecule has 0 aromatic heterocycles. The van der Waals surface area contributed by atoms with Gasteiger partial charge in [0.2, 0.25) is 0 Å². The lowest BCUT2D eigenvalue weighted by Crippen LogP contribution is -2.36. The average Bonchev–Trinajstić information content (AvgIpc) is 2.69. The molecule has 1 heterocycles. The first kappa shape index (κ1) is 15.5. The van der Waals surface area contributed by atoms with Crippen LogP contribution in [0.15, 0.2) is 0 Å². The van der Waals surface area contributed by atoms with Crippen molar-refractivity contribution in [2.24, 2.45) is 5.92 Å². The van der Waals surface area contributed by atoms with E-state index < -0.39 is 36.1 Å². The number of nitrogens with zero attached hydrogens (tertiary/aromatic N) is 1. The van der Waals surface area contributed by atoms with E-state index in [1.807, 2.05) is 0 Å². The molecule has 0 bridgehead atoms. The highest BCUT2D eigenvalue weighted by Gasteiger charge is 2.34. The van der Waals surface area contributed by atoms with Crippen LogP contribution >= 0.6 is 0 Å². The van der Waals surface area contributed by atoms with E-state index in [1.165, 1.54) is 0 Å². The van der Waals surface area contributed by atoms with E-state index in [2.05, 4.69) is 9.57 Å². The zero-order valence-electron chi connectivity index (χ0n) is 11.0. The summed E-state index contributed by atoms with van der Waals surface area (Å²) < 4.78 is 9.36. The highest BCUT2D eigenvalue weighted by Crippen LogP contribution is 2.15. The number of amides is 2. The van der Waals surface area contributed by atoms with Gasteiger partial charge in [0.05, 0.1) is 0 Å². The molecule has 0 aromatic carbocycles. The molecule has 1 fully saturated rings. The number of carbonyl (C=O) groups is 4. The molecule has 1 aliphatic heterocycles. The molecule has 20 heavy (non-hydrogen) atoms. The molecule has 1 atom stereocenters. The third kappa shape index (κ3) is 3.98. The van der Waals surface area contributed by atoms with Crippen molar-refractivity contribution in [3.8, 4) is 12.3 Å². The summed E-state index contributed by atoms with van der Waals surface area (Å²) in [5, 5.41) is 0.322. The lowest BCUT2D eigenvalue weighted by Gasteiger charge is -2.20. The Labute approximate surface area is 114 Å². The third-order valence-corrected chi connectivity index (χ3v) is 2.27. The maximum absolute atomic E-state index is 11.4. The first-order valence-corrected chi connectivity index (χ1v) is 5.76. The van der Waals surface area contributed by atoms with Gasteiger partial charge in [-0.15, -0.1) is 6.42 Å². The molecule has 8 heteroatoms. The SMILES string of the molecule is C#CC(=O)OC(OC(=O)ON1C(=O)CCC1=O)C(C)C. The molecule has 1 aliphatic rings. The van der Waals surface area contributed by atoms with Gasteiger partial charge in [-0.05, 0) is 0 Å². The maximum Gasteiger partial charge on any atom is 0.537 e. The number of hydroxylamine groups is 2. The predicted octanol–water partition coefficient (Wildman–Crippen LogP) is 0.362. The third-order valence-electron chi connectivity index (χ3n) is 2.27. The minimum atomic E-state index is -1.34. The summed E-state index contributed by atoms with van der Waals surface area (Å²) >= 11 is 0. The summed E-state index contributed by atoms with van der Waals surface area (Å²) in [6, 6.07) is 0. The monoisotopic (exact) mass is 283 g/mol. The van der Waals surface area contributed by atoms with E-state index in [9.17, 15) is 19.2 Å². The Balaban J connectivity index is 2.58. The second kappa shape index (κ2) is 6.56. The molecule has 0 radical (unpaired) electrons. The van der Waals surface area contributed by atoms with Crippen molar-refractivity contribution < 1.29 is 33.5 Å². The first-order chi connectivity index (χ1) is 9.35. The number of hydrogen-bond donors (Lipinski definition) is 0. The quantitative estimate of drug-likeness (QED) is 0.241. The summed E-state index contributed by atoms with van der Waals surface area (Å²) in [4.78, 5) is 49.3. The Kier molecular flexibility index (Phi) is 5.08. The van der Waals surface area contributed by atoms with E-state index in [4.69, 9.17) is 11.2 Å². The molecule has 0 saturated carbocycles. The lowest BCUT2D eigenvalue weighted by atomic mass is 10.2. The van der Waals surface area contributed by atoms with Crippen molar-refractivity contribution in [2.45, 2.75) is 33.0 Å². The molecular formula is C12H13NO7. The van der Waals surface area contributed by atoms with Crippen molar-refractivity contribution in [3.63, 3.8) is 0 Å². The molecule has 108 valence electrons. The summed E-state index contributed by atoms with van der Waals surface area (Å²) in [7, 11) is 0. The van der Waals surface area contributed by atoms with Crippen molar-refractivity contribution in [1.82, 2.24) is 5.06 Å². The van der Waals surface area contributed by atoms with Crippen LogP contribution in [-0.4, -0.2) is 35.3 Å². The summed E-state index contributed by atoms with van der Waals surface area (Å²) in [5.74, 6) is -0.998. The normalized spacial score (nSPS) is 15.8. The van der Waals surface area contributed by atoms with Gasteiger partial charge in [0, 0.05) is 24.7 Å². The number of esters is 1. The number of rotatable bonds is 4. The Bertz CT molecular complexity index is 461. The summed E-state index contributed by atoms with van der Waals surface area (Å²) in [6.45, 7) is 3.21. The molecule has 1 rings (SSSR count). The zero-order chi connectivity index (χ0) is 15.3. The molecule has 0 spiro atoms. The van der Waals surface area contributed by atoms with E-state index >= 15 is 0 Å². The molecule has 0 aliphatic carbocycles. The van der Waals surface area contributed by atoms with Gasteiger partial charge in [-0.3, -0.25) is 14.4 Å². The molecule has 1 unspecified atom stereocenters. The average molecular weight is 283 g/mol. The van der Waals surface area contributed by atoms with Crippen molar-refractivity contribution in [2.75, 3.05) is 0 Å². The van der Waals surface area contributed by atoms with E-state index in [0.717, 1.165) is 0 Å². The van der Waals surface area contributed by atoms with Gasteiger partial charge in [-0.25, -0.2) is 9.59 Å². The fourth-order valence-corrected chi connectivity index (χ4v) is 1.28. The fourth-order valence-electron chi connectivity index (χ4n) is 1.28. The van der Waals surface area contributed by atoms with Crippen LogP contribution < -0.4 is 0 Å².